The Balaban J connectivity index is 2.29. The Kier molecular flexibility index (Phi) is 2.82. The summed E-state index contributed by atoms with van der Waals surface area (Å²) < 4.78 is 23.0. The Bertz CT molecular complexity index is 527. The van der Waals surface area contributed by atoms with Gasteiger partial charge in [0.2, 0.25) is 5.91 Å². The normalized spacial score (nSPS) is 26.6. The van der Waals surface area contributed by atoms with E-state index in [1.807, 2.05) is 6.07 Å². The molecule has 1 aromatic rings. The van der Waals surface area contributed by atoms with Crippen LogP contribution in [0.1, 0.15) is 6.42 Å². The number of benzene rings is 1. The zero-order valence-corrected chi connectivity index (χ0v) is 10.0. The Hall–Kier alpha value is -1.56. The zero-order valence-electron chi connectivity index (χ0n) is 9.22. The molecule has 1 saturated heterocycles. The molecule has 1 heterocycles. The molecule has 0 aliphatic carbocycles. The molecule has 0 spiro atoms. The number of primary amides is 1. The fourth-order valence-corrected chi connectivity index (χ4v) is 3.92. The summed E-state index contributed by atoms with van der Waals surface area (Å²) in [5.41, 5.74) is 4.87. The van der Waals surface area contributed by atoms with Crippen molar-refractivity contribution in [3.63, 3.8) is 0 Å². The Morgan fingerprint density at radius 2 is 1.94 bits per heavy atom. The van der Waals surface area contributed by atoms with E-state index in [0.29, 0.717) is 5.69 Å². The molecule has 5 nitrogen and oxygen atoms in total. The molecule has 1 amide bonds. The van der Waals surface area contributed by atoms with E-state index < -0.39 is 21.3 Å². The van der Waals surface area contributed by atoms with Gasteiger partial charge in [-0.2, -0.15) is 0 Å². The SMILES string of the molecule is NC(=O)C1(Nc2ccccc2)CCS(=O)(=O)C1. The van der Waals surface area contributed by atoms with Crippen molar-refractivity contribution >= 4 is 21.4 Å². The van der Waals surface area contributed by atoms with E-state index in [4.69, 9.17) is 5.73 Å². The lowest BCUT2D eigenvalue weighted by molar-refractivity contribution is -0.121. The van der Waals surface area contributed by atoms with Gasteiger partial charge in [0.15, 0.2) is 9.84 Å². The predicted molar refractivity (Wildman–Crippen MR) is 65.3 cm³/mol. The van der Waals surface area contributed by atoms with Crippen molar-refractivity contribution in [1.82, 2.24) is 0 Å². The van der Waals surface area contributed by atoms with Crippen LogP contribution < -0.4 is 11.1 Å². The first-order valence-corrected chi connectivity index (χ1v) is 7.09. The summed E-state index contributed by atoms with van der Waals surface area (Å²) in [4.78, 5) is 11.5. The number of para-hydroxylation sites is 1. The number of rotatable bonds is 3. The molecule has 0 bridgehead atoms. The van der Waals surface area contributed by atoms with E-state index in [9.17, 15) is 13.2 Å². The second-order valence-corrected chi connectivity index (χ2v) is 6.46. The number of nitrogens with one attached hydrogen (secondary N) is 1. The first-order chi connectivity index (χ1) is 7.94. The van der Waals surface area contributed by atoms with Gasteiger partial charge in [0.1, 0.15) is 5.54 Å². The molecular formula is C11H14N2O3S. The average Bonchev–Trinajstić information content (AvgIpc) is 2.57. The van der Waals surface area contributed by atoms with Crippen molar-refractivity contribution in [2.24, 2.45) is 5.73 Å². The van der Waals surface area contributed by atoms with Gasteiger partial charge in [-0.25, -0.2) is 8.42 Å². The van der Waals surface area contributed by atoms with Gasteiger partial charge in [0, 0.05) is 5.69 Å². The molecule has 1 atom stereocenters. The van der Waals surface area contributed by atoms with Crippen LogP contribution in [-0.2, 0) is 14.6 Å². The van der Waals surface area contributed by atoms with Gasteiger partial charge < -0.3 is 11.1 Å². The van der Waals surface area contributed by atoms with Gasteiger partial charge in [-0.3, -0.25) is 4.79 Å². The Morgan fingerprint density at radius 3 is 2.41 bits per heavy atom. The highest BCUT2D eigenvalue weighted by Crippen LogP contribution is 2.27. The smallest absolute Gasteiger partial charge is 0.244 e. The topological polar surface area (TPSA) is 89.3 Å². The number of carbonyl (C=O) groups is 1. The maximum absolute atomic E-state index is 11.5. The van der Waals surface area contributed by atoms with E-state index in [-0.39, 0.29) is 17.9 Å². The second-order valence-electron chi connectivity index (χ2n) is 4.28. The van der Waals surface area contributed by atoms with E-state index in [1.54, 1.807) is 24.3 Å². The fourth-order valence-electron chi connectivity index (χ4n) is 2.00. The molecule has 0 radical (unpaired) electrons. The van der Waals surface area contributed by atoms with Crippen LogP contribution in [0, 0.1) is 0 Å². The van der Waals surface area contributed by atoms with Crippen molar-refractivity contribution in [1.29, 1.82) is 0 Å². The molecule has 2 rings (SSSR count). The number of carbonyl (C=O) groups excluding carboxylic acids is 1. The number of sulfone groups is 1. The maximum atomic E-state index is 11.5. The van der Waals surface area contributed by atoms with Gasteiger partial charge in [-0.15, -0.1) is 0 Å². The number of anilines is 1. The molecule has 1 aliphatic rings. The van der Waals surface area contributed by atoms with Crippen molar-refractivity contribution in [2.45, 2.75) is 12.0 Å². The monoisotopic (exact) mass is 254 g/mol. The average molecular weight is 254 g/mol. The number of amides is 1. The highest BCUT2D eigenvalue weighted by atomic mass is 32.2. The molecule has 92 valence electrons. The maximum Gasteiger partial charge on any atom is 0.244 e. The summed E-state index contributed by atoms with van der Waals surface area (Å²) in [6, 6.07) is 9.00. The number of hydrogen-bond acceptors (Lipinski definition) is 4. The van der Waals surface area contributed by atoms with Gasteiger partial charge in [0.05, 0.1) is 11.5 Å². The third-order valence-electron chi connectivity index (χ3n) is 2.94. The first kappa shape index (κ1) is 11.9. The van der Waals surface area contributed by atoms with Crippen LogP contribution in [0.5, 0.6) is 0 Å². The Morgan fingerprint density at radius 1 is 1.29 bits per heavy atom. The summed E-state index contributed by atoms with van der Waals surface area (Å²) in [6.07, 6.45) is 0.222. The van der Waals surface area contributed by atoms with Crippen molar-refractivity contribution in [2.75, 3.05) is 16.8 Å². The lowest BCUT2D eigenvalue weighted by Gasteiger charge is -2.26. The van der Waals surface area contributed by atoms with Crippen LogP contribution in [0.2, 0.25) is 0 Å². The third kappa shape index (κ3) is 2.41. The molecule has 1 aliphatic heterocycles. The minimum absolute atomic E-state index is 0.00419. The number of nitrogens with two attached hydrogens (primary N) is 1. The molecule has 3 N–H and O–H groups in total. The van der Waals surface area contributed by atoms with Crippen molar-refractivity contribution in [3.05, 3.63) is 30.3 Å². The fraction of sp³-hybridized carbons (Fsp3) is 0.364. The molecule has 17 heavy (non-hydrogen) atoms. The lowest BCUT2D eigenvalue weighted by Crippen LogP contribution is -2.51. The molecule has 1 fully saturated rings. The van der Waals surface area contributed by atoms with E-state index in [0.717, 1.165) is 0 Å². The van der Waals surface area contributed by atoms with Crippen LogP contribution in [0.15, 0.2) is 30.3 Å². The summed E-state index contributed by atoms with van der Waals surface area (Å²) in [6.45, 7) is 0. The summed E-state index contributed by atoms with van der Waals surface area (Å²) in [5.74, 6) is -0.859. The molecule has 1 unspecified atom stereocenters. The van der Waals surface area contributed by atoms with E-state index in [2.05, 4.69) is 5.32 Å². The second kappa shape index (κ2) is 4.03. The first-order valence-electron chi connectivity index (χ1n) is 5.27. The van der Waals surface area contributed by atoms with Gasteiger partial charge in [0.25, 0.3) is 0 Å². The van der Waals surface area contributed by atoms with Gasteiger partial charge in [-0.1, -0.05) is 18.2 Å². The molecule has 0 aromatic heterocycles. The molecule has 0 saturated carbocycles. The van der Waals surface area contributed by atoms with Crippen LogP contribution in [-0.4, -0.2) is 31.4 Å². The highest BCUT2D eigenvalue weighted by Gasteiger charge is 2.47. The molecule has 6 heteroatoms. The van der Waals surface area contributed by atoms with E-state index in [1.165, 1.54) is 0 Å². The third-order valence-corrected chi connectivity index (χ3v) is 4.69. The van der Waals surface area contributed by atoms with E-state index >= 15 is 0 Å². The molecular weight excluding hydrogens is 240 g/mol. The van der Waals surface area contributed by atoms with Crippen LogP contribution in [0.4, 0.5) is 5.69 Å². The van der Waals surface area contributed by atoms with Crippen LogP contribution in [0.3, 0.4) is 0 Å². The minimum Gasteiger partial charge on any atom is -0.370 e. The van der Waals surface area contributed by atoms with Gasteiger partial charge in [-0.05, 0) is 18.6 Å². The van der Waals surface area contributed by atoms with Crippen LogP contribution in [0.25, 0.3) is 0 Å². The zero-order chi connectivity index (χ0) is 12.5. The predicted octanol–water partition coefficient (Wildman–Crippen LogP) is 0.141. The lowest BCUT2D eigenvalue weighted by atomic mass is 9.97. The summed E-state index contributed by atoms with van der Waals surface area (Å²) in [5, 5.41) is 2.96. The van der Waals surface area contributed by atoms with Crippen LogP contribution >= 0.6 is 0 Å². The minimum atomic E-state index is -3.18. The summed E-state index contributed by atoms with van der Waals surface area (Å²) >= 11 is 0. The number of hydrogen-bond donors (Lipinski definition) is 2. The summed E-state index contributed by atoms with van der Waals surface area (Å²) in [7, 11) is -3.18. The molecule has 1 aromatic carbocycles. The van der Waals surface area contributed by atoms with Gasteiger partial charge >= 0.3 is 0 Å². The van der Waals surface area contributed by atoms with Crippen molar-refractivity contribution < 1.29 is 13.2 Å². The Labute approximate surface area is 99.9 Å². The van der Waals surface area contributed by atoms with Crippen molar-refractivity contribution in [3.8, 4) is 0 Å². The quantitative estimate of drug-likeness (QED) is 0.803. The highest BCUT2D eigenvalue weighted by molar-refractivity contribution is 7.91. The standard InChI is InChI=1S/C11H14N2O3S/c12-10(14)11(6-7-17(15,16)8-11)13-9-4-2-1-3-5-9/h1-5,13H,6-8H2,(H2,12,14). The largest absolute Gasteiger partial charge is 0.370 e.